The molecule has 0 aliphatic carbocycles. The molecule has 4 amide bonds. The Kier molecular flexibility index (Phi) is 9.16. The number of carboxylic acid groups (broad SMARTS) is 1. The minimum absolute atomic E-state index is 0.0677. The number of nitrogens with two attached hydrogens (primary N) is 2. The summed E-state index contributed by atoms with van der Waals surface area (Å²) in [5.74, 6) is -3.64. The van der Waals surface area contributed by atoms with Gasteiger partial charge in [-0.05, 0) is 43.4 Å². The standard InChI is InChI=1S/C21H29N5O7/c22-14(10-12-3-5-13(27)6-4-12)19(30)25-15(7-8-17(23)28)20(31)24-11-18(29)26-9-1-2-16(26)21(32)33/h3-6,14-16,27H,1-2,7-11,22H2,(H2,23,28)(H,24,31)(H,25,30)(H,32,33). The third-order valence-electron chi connectivity index (χ3n) is 5.31. The lowest BCUT2D eigenvalue weighted by molar-refractivity contribution is -0.148. The van der Waals surface area contributed by atoms with Crippen LogP contribution in [0.3, 0.4) is 0 Å². The molecule has 12 nitrogen and oxygen atoms in total. The normalized spacial score (nSPS) is 17.1. The number of carboxylic acids is 1. The monoisotopic (exact) mass is 463 g/mol. The van der Waals surface area contributed by atoms with Gasteiger partial charge in [0.15, 0.2) is 0 Å². The number of carbonyl (C=O) groups is 5. The first-order valence-corrected chi connectivity index (χ1v) is 10.5. The summed E-state index contributed by atoms with van der Waals surface area (Å²) in [6.07, 6.45) is 0.736. The van der Waals surface area contributed by atoms with Crippen LogP contribution in [-0.2, 0) is 30.4 Å². The lowest BCUT2D eigenvalue weighted by atomic mass is 10.0. The minimum Gasteiger partial charge on any atom is -0.508 e. The van der Waals surface area contributed by atoms with Crippen molar-refractivity contribution in [1.82, 2.24) is 15.5 Å². The second-order valence-corrected chi connectivity index (χ2v) is 7.84. The van der Waals surface area contributed by atoms with E-state index in [1.165, 1.54) is 17.0 Å². The molecule has 3 atom stereocenters. The van der Waals surface area contributed by atoms with Crippen LogP contribution >= 0.6 is 0 Å². The Morgan fingerprint density at radius 3 is 2.39 bits per heavy atom. The Hall–Kier alpha value is -3.67. The number of amides is 4. The zero-order valence-electron chi connectivity index (χ0n) is 18.0. The number of benzene rings is 1. The number of aliphatic carboxylic acids is 1. The van der Waals surface area contributed by atoms with E-state index in [4.69, 9.17) is 11.5 Å². The molecule has 1 aromatic carbocycles. The van der Waals surface area contributed by atoms with Crippen LogP contribution in [0.4, 0.5) is 0 Å². The van der Waals surface area contributed by atoms with Crippen molar-refractivity contribution in [2.75, 3.05) is 13.1 Å². The van der Waals surface area contributed by atoms with Crippen LogP contribution in [0.1, 0.15) is 31.2 Å². The van der Waals surface area contributed by atoms with Crippen molar-refractivity contribution in [2.45, 2.75) is 50.2 Å². The average molecular weight is 463 g/mol. The number of likely N-dealkylation sites (tertiary alicyclic amines) is 1. The molecule has 8 N–H and O–H groups in total. The lowest BCUT2D eigenvalue weighted by Gasteiger charge is -2.23. The van der Waals surface area contributed by atoms with E-state index >= 15 is 0 Å². The van der Waals surface area contributed by atoms with Gasteiger partial charge in [0.1, 0.15) is 17.8 Å². The molecule has 0 saturated carbocycles. The topological polar surface area (TPSA) is 205 Å². The zero-order valence-corrected chi connectivity index (χ0v) is 18.0. The van der Waals surface area contributed by atoms with Crippen LogP contribution in [0.15, 0.2) is 24.3 Å². The Morgan fingerprint density at radius 1 is 1.12 bits per heavy atom. The Balaban J connectivity index is 1.95. The SMILES string of the molecule is NC(=O)CCC(NC(=O)C(N)Cc1ccc(O)cc1)C(=O)NCC(=O)N1CCCC1C(=O)O. The molecule has 0 aromatic heterocycles. The highest BCUT2D eigenvalue weighted by Crippen LogP contribution is 2.17. The van der Waals surface area contributed by atoms with Crippen molar-refractivity contribution in [3.05, 3.63) is 29.8 Å². The summed E-state index contributed by atoms with van der Waals surface area (Å²) in [6.45, 7) is -0.176. The predicted octanol–water partition coefficient (Wildman–Crippen LogP) is -1.80. The molecule has 1 aliphatic rings. The van der Waals surface area contributed by atoms with E-state index in [0.717, 1.165) is 0 Å². The van der Waals surface area contributed by atoms with E-state index in [0.29, 0.717) is 18.4 Å². The van der Waals surface area contributed by atoms with Crippen LogP contribution in [-0.4, -0.2) is 75.9 Å². The van der Waals surface area contributed by atoms with Crippen molar-refractivity contribution in [3.63, 3.8) is 0 Å². The molecule has 2 rings (SSSR count). The average Bonchev–Trinajstić information content (AvgIpc) is 3.26. The van der Waals surface area contributed by atoms with E-state index < -0.39 is 54.3 Å². The first-order valence-electron chi connectivity index (χ1n) is 10.5. The maximum Gasteiger partial charge on any atom is 0.326 e. The molecule has 1 aliphatic heterocycles. The van der Waals surface area contributed by atoms with Gasteiger partial charge in [0.2, 0.25) is 23.6 Å². The summed E-state index contributed by atoms with van der Waals surface area (Å²) in [6, 6.07) is 3.00. The fourth-order valence-electron chi connectivity index (χ4n) is 3.52. The molecule has 0 spiro atoms. The van der Waals surface area contributed by atoms with Gasteiger partial charge >= 0.3 is 5.97 Å². The molecule has 1 fully saturated rings. The van der Waals surface area contributed by atoms with Crippen LogP contribution in [0.25, 0.3) is 0 Å². The number of aromatic hydroxyl groups is 1. The number of hydrogen-bond donors (Lipinski definition) is 6. The number of primary amides is 1. The third-order valence-corrected chi connectivity index (χ3v) is 5.31. The van der Waals surface area contributed by atoms with Gasteiger partial charge in [-0.3, -0.25) is 19.2 Å². The highest BCUT2D eigenvalue weighted by molar-refractivity contribution is 5.93. The molecule has 180 valence electrons. The van der Waals surface area contributed by atoms with Gasteiger partial charge in [0.25, 0.3) is 0 Å². The Morgan fingerprint density at radius 2 is 1.79 bits per heavy atom. The van der Waals surface area contributed by atoms with Crippen LogP contribution in [0.5, 0.6) is 5.75 Å². The van der Waals surface area contributed by atoms with E-state index in [1.807, 2.05) is 0 Å². The fourth-order valence-corrected chi connectivity index (χ4v) is 3.52. The van der Waals surface area contributed by atoms with Crippen molar-refractivity contribution >= 4 is 29.6 Å². The summed E-state index contributed by atoms with van der Waals surface area (Å²) in [5, 5.41) is 23.4. The van der Waals surface area contributed by atoms with Gasteiger partial charge in [-0.1, -0.05) is 12.1 Å². The molecule has 1 aromatic rings. The molecule has 0 radical (unpaired) electrons. The van der Waals surface area contributed by atoms with Crippen molar-refractivity contribution in [1.29, 1.82) is 0 Å². The first kappa shape index (κ1) is 25.6. The fraction of sp³-hybridized carbons (Fsp3) is 0.476. The largest absolute Gasteiger partial charge is 0.508 e. The van der Waals surface area contributed by atoms with E-state index in [2.05, 4.69) is 10.6 Å². The summed E-state index contributed by atoms with van der Waals surface area (Å²) in [4.78, 5) is 61.1. The lowest BCUT2D eigenvalue weighted by Crippen LogP contribution is -2.54. The van der Waals surface area contributed by atoms with Gasteiger partial charge in [0.05, 0.1) is 12.6 Å². The first-order chi connectivity index (χ1) is 15.6. The number of phenols is 1. The second kappa shape index (κ2) is 11.8. The zero-order chi connectivity index (χ0) is 24.5. The summed E-state index contributed by atoms with van der Waals surface area (Å²) >= 11 is 0. The maximum absolute atomic E-state index is 12.6. The molecular weight excluding hydrogens is 434 g/mol. The van der Waals surface area contributed by atoms with Gasteiger partial charge in [-0.25, -0.2) is 4.79 Å². The van der Waals surface area contributed by atoms with Gasteiger partial charge in [0, 0.05) is 13.0 Å². The van der Waals surface area contributed by atoms with E-state index in [1.54, 1.807) is 12.1 Å². The smallest absolute Gasteiger partial charge is 0.326 e. The number of nitrogens with one attached hydrogen (secondary N) is 2. The van der Waals surface area contributed by atoms with Gasteiger partial charge in [-0.2, -0.15) is 0 Å². The van der Waals surface area contributed by atoms with Crippen LogP contribution in [0, 0.1) is 0 Å². The van der Waals surface area contributed by atoms with Gasteiger partial charge < -0.3 is 37.2 Å². The van der Waals surface area contributed by atoms with Crippen molar-refractivity contribution < 1.29 is 34.2 Å². The number of nitrogens with zero attached hydrogens (tertiary/aromatic N) is 1. The summed E-state index contributed by atoms with van der Waals surface area (Å²) in [7, 11) is 0. The third kappa shape index (κ3) is 7.75. The summed E-state index contributed by atoms with van der Waals surface area (Å²) in [5.41, 5.74) is 11.8. The van der Waals surface area contributed by atoms with E-state index in [-0.39, 0.29) is 31.6 Å². The van der Waals surface area contributed by atoms with E-state index in [9.17, 15) is 34.2 Å². The highest BCUT2D eigenvalue weighted by atomic mass is 16.4. The van der Waals surface area contributed by atoms with Crippen LogP contribution in [0.2, 0.25) is 0 Å². The van der Waals surface area contributed by atoms with Crippen molar-refractivity contribution in [2.24, 2.45) is 11.5 Å². The van der Waals surface area contributed by atoms with Crippen LogP contribution < -0.4 is 22.1 Å². The van der Waals surface area contributed by atoms with Crippen molar-refractivity contribution in [3.8, 4) is 5.75 Å². The molecular formula is C21H29N5O7. The Bertz CT molecular complexity index is 889. The predicted molar refractivity (Wildman–Crippen MR) is 116 cm³/mol. The number of hydrogen-bond acceptors (Lipinski definition) is 7. The maximum atomic E-state index is 12.6. The minimum atomic E-state index is -1.17. The molecule has 33 heavy (non-hydrogen) atoms. The Labute approximate surface area is 190 Å². The number of phenolic OH excluding ortho intramolecular Hbond substituents is 1. The molecule has 1 saturated heterocycles. The molecule has 12 heteroatoms. The number of carbonyl (C=O) groups excluding carboxylic acids is 4. The summed E-state index contributed by atoms with van der Waals surface area (Å²) < 4.78 is 0. The number of rotatable bonds is 11. The highest BCUT2D eigenvalue weighted by Gasteiger charge is 2.34. The molecule has 3 unspecified atom stereocenters. The molecule has 0 bridgehead atoms. The quantitative estimate of drug-likeness (QED) is 0.220. The second-order valence-electron chi connectivity index (χ2n) is 7.84. The van der Waals surface area contributed by atoms with Gasteiger partial charge in [-0.15, -0.1) is 0 Å². The molecule has 1 heterocycles.